The average Bonchev–Trinajstić information content (AvgIpc) is 2.90. The van der Waals surface area contributed by atoms with Gasteiger partial charge >= 0.3 is 0 Å². The highest BCUT2D eigenvalue weighted by atomic mass is 15.1. The van der Waals surface area contributed by atoms with Crippen LogP contribution < -0.4 is 5.73 Å². The Morgan fingerprint density at radius 1 is 1.26 bits per heavy atom. The maximum atomic E-state index is 5.99. The molecule has 1 aliphatic rings. The molecule has 100 valence electrons. The molecule has 0 saturated heterocycles. The fraction of sp³-hybridized carbons (Fsp3) is 0.467. The Bertz CT molecular complexity index is 556. The zero-order valence-corrected chi connectivity index (χ0v) is 11.3. The number of hydrogen-bond donors (Lipinski definition) is 1. The van der Waals surface area contributed by atoms with Gasteiger partial charge in [0.1, 0.15) is 0 Å². The number of aryl methyl sites for hydroxylation is 1. The Morgan fingerprint density at radius 3 is 2.84 bits per heavy atom. The van der Waals surface area contributed by atoms with Gasteiger partial charge in [0, 0.05) is 11.7 Å². The van der Waals surface area contributed by atoms with E-state index in [1.165, 1.54) is 24.2 Å². The third-order valence-electron chi connectivity index (χ3n) is 3.90. The smallest absolute Gasteiger partial charge is 0.0998 e. The highest BCUT2D eigenvalue weighted by molar-refractivity contribution is 5.35. The van der Waals surface area contributed by atoms with E-state index in [1.807, 2.05) is 18.6 Å². The zero-order valence-electron chi connectivity index (χ0n) is 11.3. The van der Waals surface area contributed by atoms with Crippen LogP contribution >= 0.6 is 0 Å². The quantitative estimate of drug-likeness (QED) is 0.918. The maximum Gasteiger partial charge on any atom is 0.0998 e. The fourth-order valence-corrected chi connectivity index (χ4v) is 2.66. The Kier molecular flexibility index (Phi) is 3.34. The first-order valence-corrected chi connectivity index (χ1v) is 7.06. The van der Waals surface area contributed by atoms with Gasteiger partial charge in [-0.05, 0) is 44.2 Å². The van der Waals surface area contributed by atoms with Crippen LogP contribution in [0.25, 0.3) is 5.69 Å². The monoisotopic (exact) mass is 256 g/mol. The van der Waals surface area contributed by atoms with Gasteiger partial charge < -0.3 is 10.3 Å². The molecule has 0 unspecified atom stereocenters. The summed E-state index contributed by atoms with van der Waals surface area (Å²) < 4.78 is 2.17. The summed E-state index contributed by atoms with van der Waals surface area (Å²) in [5, 5.41) is 0. The first-order chi connectivity index (χ1) is 9.29. The van der Waals surface area contributed by atoms with E-state index in [0.29, 0.717) is 0 Å². The molecule has 1 aliphatic carbocycles. The second kappa shape index (κ2) is 5.13. The van der Waals surface area contributed by atoms with E-state index in [0.717, 1.165) is 30.6 Å². The number of fused-ring (bicyclic) bond motifs is 1. The largest absolute Gasteiger partial charge is 0.323 e. The van der Waals surface area contributed by atoms with Crippen LogP contribution in [-0.2, 0) is 12.8 Å². The first-order valence-electron chi connectivity index (χ1n) is 7.06. The molecule has 0 radical (unpaired) electrons. The molecule has 4 nitrogen and oxygen atoms in total. The molecule has 2 N–H and O–H groups in total. The van der Waals surface area contributed by atoms with E-state index < -0.39 is 0 Å². The fourth-order valence-electron chi connectivity index (χ4n) is 2.66. The van der Waals surface area contributed by atoms with Crippen molar-refractivity contribution >= 4 is 0 Å². The molecule has 2 aromatic heterocycles. The molecule has 4 heteroatoms. The van der Waals surface area contributed by atoms with Crippen LogP contribution in [0.5, 0.6) is 0 Å². The van der Waals surface area contributed by atoms with Gasteiger partial charge in [-0.15, -0.1) is 0 Å². The van der Waals surface area contributed by atoms with Crippen molar-refractivity contribution in [2.75, 3.05) is 0 Å². The van der Waals surface area contributed by atoms with Crippen LogP contribution in [0.3, 0.4) is 0 Å². The third kappa shape index (κ3) is 2.28. The maximum absolute atomic E-state index is 5.99. The second-order valence-corrected chi connectivity index (χ2v) is 5.17. The van der Waals surface area contributed by atoms with Crippen LogP contribution in [0.2, 0.25) is 0 Å². The first kappa shape index (κ1) is 12.4. The Balaban J connectivity index is 1.92. The number of nitrogens with two attached hydrogens (primary N) is 1. The topological polar surface area (TPSA) is 56.7 Å². The van der Waals surface area contributed by atoms with Gasteiger partial charge in [0.2, 0.25) is 0 Å². The average molecular weight is 256 g/mol. The van der Waals surface area contributed by atoms with Crippen molar-refractivity contribution in [2.24, 2.45) is 5.73 Å². The molecule has 3 rings (SSSR count). The van der Waals surface area contributed by atoms with Crippen molar-refractivity contribution in [3.05, 3.63) is 41.7 Å². The summed E-state index contributed by atoms with van der Waals surface area (Å²) in [5.41, 5.74) is 10.6. The normalized spacial score (nSPS) is 16.1. The predicted octanol–water partition coefficient (Wildman–Crippen LogP) is 2.56. The molecule has 0 amide bonds. The SMILES string of the molecule is CC[C@H](N)c1ccc(-n2cnc3c2CCCC3)cn1. The van der Waals surface area contributed by atoms with Crippen molar-refractivity contribution in [3.63, 3.8) is 0 Å². The molecule has 0 aromatic carbocycles. The van der Waals surface area contributed by atoms with E-state index in [9.17, 15) is 0 Å². The van der Waals surface area contributed by atoms with E-state index in [4.69, 9.17) is 5.73 Å². The van der Waals surface area contributed by atoms with Crippen LogP contribution in [-0.4, -0.2) is 14.5 Å². The molecule has 0 fully saturated rings. The third-order valence-corrected chi connectivity index (χ3v) is 3.90. The number of rotatable bonds is 3. The molecule has 0 bridgehead atoms. The zero-order chi connectivity index (χ0) is 13.2. The Morgan fingerprint density at radius 2 is 2.11 bits per heavy atom. The summed E-state index contributed by atoms with van der Waals surface area (Å²) in [7, 11) is 0. The summed E-state index contributed by atoms with van der Waals surface area (Å²) in [4.78, 5) is 9.00. The molecule has 2 heterocycles. The lowest BCUT2D eigenvalue weighted by molar-refractivity contribution is 0.654. The number of nitrogens with zero attached hydrogens (tertiary/aromatic N) is 3. The summed E-state index contributed by atoms with van der Waals surface area (Å²) in [6, 6.07) is 4.15. The highest BCUT2D eigenvalue weighted by Crippen LogP contribution is 2.23. The lowest BCUT2D eigenvalue weighted by Gasteiger charge is -2.14. The van der Waals surface area contributed by atoms with Gasteiger partial charge in [-0.1, -0.05) is 6.92 Å². The molecule has 19 heavy (non-hydrogen) atoms. The lowest BCUT2D eigenvalue weighted by Crippen LogP contribution is -2.11. The van der Waals surface area contributed by atoms with E-state index in [1.54, 1.807) is 0 Å². The number of aromatic nitrogens is 3. The summed E-state index contributed by atoms with van der Waals surface area (Å²) in [6.45, 7) is 2.08. The van der Waals surface area contributed by atoms with Gasteiger partial charge in [-0.2, -0.15) is 0 Å². The summed E-state index contributed by atoms with van der Waals surface area (Å²) >= 11 is 0. The minimum atomic E-state index is 0.0331. The highest BCUT2D eigenvalue weighted by Gasteiger charge is 2.16. The minimum absolute atomic E-state index is 0.0331. The Hall–Kier alpha value is -1.68. The molecule has 0 spiro atoms. The van der Waals surface area contributed by atoms with Gasteiger partial charge in [0.25, 0.3) is 0 Å². The van der Waals surface area contributed by atoms with E-state index in [2.05, 4.69) is 27.5 Å². The molecule has 0 saturated carbocycles. The molecule has 1 atom stereocenters. The van der Waals surface area contributed by atoms with Crippen molar-refractivity contribution in [3.8, 4) is 5.69 Å². The molecule has 2 aromatic rings. The predicted molar refractivity (Wildman–Crippen MR) is 75.2 cm³/mol. The van der Waals surface area contributed by atoms with Crippen LogP contribution in [0.4, 0.5) is 0 Å². The van der Waals surface area contributed by atoms with Gasteiger partial charge in [-0.25, -0.2) is 4.98 Å². The number of imidazole rings is 1. The van der Waals surface area contributed by atoms with Crippen molar-refractivity contribution in [1.29, 1.82) is 0 Å². The molecule has 0 aliphatic heterocycles. The van der Waals surface area contributed by atoms with Crippen molar-refractivity contribution in [2.45, 2.75) is 45.1 Å². The van der Waals surface area contributed by atoms with Crippen LogP contribution in [0, 0.1) is 0 Å². The van der Waals surface area contributed by atoms with Gasteiger partial charge in [0.15, 0.2) is 0 Å². The standard InChI is InChI=1S/C15H20N4/c1-2-12(16)13-8-7-11(9-17-13)19-10-18-14-5-3-4-6-15(14)19/h7-10,12H,2-6,16H2,1H3/t12-/m0/s1. The minimum Gasteiger partial charge on any atom is -0.323 e. The van der Waals surface area contributed by atoms with Gasteiger partial charge in [0.05, 0.1) is 29.6 Å². The van der Waals surface area contributed by atoms with Gasteiger partial charge in [-0.3, -0.25) is 4.98 Å². The van der Waals surface area contributed by atoms with Crippen LogP contribution in [0.1, 0.15) is 49.3 Å². The summed E-state index contributed by atoms with van der Waals surface area (Å²) in [6.07, 6.45) is 9.47. The van der Waals surface area contributed by atoms with E-state index >= 15 is 0 Å². The lowest BCUT2D eigenvalue weighted by atomic mass is 10.0. The van der Waals surface area contributed by atoms with Crippen molar-refractivity contribution < 1.29 is 0 Å². The molecular weight excluding hydrogens is 236 g/mol. The summed E-state index contributed by atoms with van der Waals surface area (Å²) in [5.74, 6) is 0. The Labute approximate surface area is 113 Å². The van der Waals surface area contributed by atoms with Crippen molar-refractivity contribution in [1.82, 2.24) is 14.5 Å². The van der Waals surface area contributed by atoms with E-state index in [-0.39, 0.29) is 6.04 Å². The number of pyridine rings is 1. The number of hydrogen-bond acceptors (Lipinski definition) is 3. The van der Waals surface area contributed by atoms with Crippen LogP contribution in [0.15, 0.2) is 24.7 Å². The molecular formula is C15H20N4. The second-order valence-electron chi connectivity index (χ2n) is 5.17.